The zero-order valence-corrected chi connectivity index (χ0v) is 12.5. The molecule has 114 valence electrons. The highest BCUT2D eigenvalue weighted by Crippen LogP contribution is 2.29. The highest BCUT2D eigenvalue weighted by Gasteiger charge is 2.34. The number of nitrogens with one attached hydrogen (secondary N) is 2. The molecule has 2 aliphatic rings. The molecule has 1 aliphatic heterocycles. The topological polar surface area (TPSA) is 64.0 Å². The van der Waals surface area contributed by atoms with Crippen LogP contribution in [0.3, 0.4) is 0 Å². The van der Waals surface area contributed by atoms with E-state index in [0.29, 0.717) is 18.0 Å². The standard InChI is InChI=1S/C13H23N5O.ClH/c1-2-11(13-8-19-7-5-16-13)12(3-1)15-4-6-18-10-14-9-17-18;/h9-13,15-16H,1-8H2;1H. The number of ether oxygens (including phenoxy) is 1. The molecule has 2 N–H and O–H groups in total. The largest absolute Gasteiger partial charge is 0.379 e. The molecule has 1 saturated heterocycles. The molecule has 0 spiro atoms. The van der Waals surface area contributed by atoms with Gasteiger partial charge in [0.25, 0.3) is 0 Å². The average molecular weight is 302 g/mol. The summed E-state index contributed by atoms with van der Waals surface area (Å²) < 4.78 is 7.47. The van der Waals surface area contributed by atoms with E-state index in [-0.39, 0.29) is 12.4 Å². The molecule has 1 aromatic rings. The summed E-state index contributed by atoms with van der Waals surface area (Å²) in [5.41, 5.74) is 0. The quantitative estimate of drug-likeness (QED) is 0.827. The van der Waals surface area contributed by atoms with E-state index in [9.17, 15) is 0 Å². The van der Waals surface area contributed by atoms with E-state index in [1.54, 1.807) is 12.7 Å². The van der Waals surface area contributed by atoms with Crippen molar-refractivity contribution in [3.63, 3.8) is 0 Å². The SMILES string of the molecule is Cl.c1ncn(CCNC2CCCC2C2COCCN2)n1. The molecule has 0 amide bonds. The van der Waals surface area contributed by atoms with Crippen molar-refractivity contribution in [2.75, 3.05) is 26.3 Å². The van der Waals surface area contributed by atoms with Crippen LogP contribution < -0.4 is 10.6 Å². The normalized spacial score (nSPS) is 30.1. The Bertz CT molecular complexity index is 369. The van der Waals surface area contributed by atoms with Crippen LogP contribution >= 0.6 is 12.4 Å². The van der Waals surface area contributed by atoms with Crippen LogP contribution in [0.5, 0.6) is 0 Å². The average Bonchev–Trinajstić information content (AvgIpc) is 3.11. The number of hydrogen-bond acceptors (Lipinski definition) is 5. The highest BCUT2D eigenvalue weighted by molar-refractivity contribution is 5.85. The lowest BCUT2D eigenvalue weighted by molar-refractivity contribution is 0.0525. The number of aromatic nitrogens is 3. The lowest BCUT2D eigenvalue weighted by Crippen LogP contribution is -2.51. The van der Waals surface area contributed by atoms with Gasteiger partial charge in [0.15, 0.2) is 0 Å². The third-order valence-corrected chi connectivity index (χ3v) is 4.25. The van der Waals surface area contributed by atoms with Crippen molar-refractivity contribution in [3.05, 3.63) is 12.7 Å². The van der Waals surface area contributed by atoms with Crippen LogP contribution in [0, 0.1) is 5.92 Å². The molecule has 0 bridgehead atoms. The van der Waals surface area contributed by atoms with E-state index in [1.165, 1.54) is 19.3 Å². The van der Waals surface area contributed by atoms with Gasteiger partial charge < -0.3 is 15.4 Å². The summed E-state index contributed by atoms with van der Waals surface area (Å²) in [4.78, 5) is 3.96. The zero-order chi connectivity index (χ0) is 12.9. The van der Waals surface area contributed by atoms with Crippen LogP contribution in [0.25, 0.3) is 0 Å². The predicted molar refractivity (Wildman–Crippen MR) is 79.0 cm³/mol. The van der Waals surface area contributed by atoms with Crippen LogP contribution in [-0.2, 0) is 11.3 Å². The van der Waals surface area contributed by atoms with Crippen LogP contribution in [0.2, 0.25) is 0 Å². The van der Waals surface area contributed by atoms with Gasteiger partial charge in [-0.15, -0.1) is 12.4 Å². The highest BCUT2D eigenvalue weighted by atomic mass is 35.5. The predicted octanol–water partition coefficient (Wildman–Crippen LogP) is 0.447. The van der Waals surface area contributed by atoms with Crippen molar-refractivity contribution in [1.29, 1.82) is 0 Å². The maximum atomic E-state index is 5.59. The van der Waals surface area contributed by atoms with Gasteiger partial charge in [-0.05, 0) is 18.8 Å². The number of halogens is 1. The summed E-state index contributed by atoms with van der Waals surface area (Å²) in [5, 5.41) is 11.4. The van der Waals surface area contributed by atoms with Crippen molar-refractivity contribution in [3.8, 4) is 0 Å². The fourth-order valence-electron chi connectivity index (χ4n) is 3.30. The summed E-state index contributed by atoms with van der Waals surface area (Å²) in [6, 6.07) is 1.14. The molecular formula is C13H24ClN5O. The summed E-state index contributed by atoms with van der Waals surface area (Å²) in [6.07, 6.45) is 7.26. The molecule has 3 rings (SSSR count). The minimum Gasteiger partial charge on any atom is -0.379 e. The Labute approximate surface area is 126 Å². The Balaban J connectivity index is 0.00000147. The van der Waals surface area contributed by atoms with Crippen molar-refractivity contribution in [2.24, 2.45) is 5.92 Å². The maximum Gasteiger partial charge on any atom is 0.137 e. The fourth-order valence-corrected chi connectivity index (χ4v) is 3.30. The molecule has 2 heterocycles. The first-order valence-electron chi connectivity index (χ1n) is 7.30. The number of nitrogens with zero attached hydrogens (tertiary/aromatic N) is 3. The Kier molecular flexibility index (Phi) is 6.22. The smallest absolute Gasteiger partial charge is 0.137 e. The second-order valence-electron chi connectivity index (χ2n) is 5.45. The second-order valence-corrected chi connectivity index (χ2v) is 5.45. The molecule has 2 fully saturated rings. The van der Waals surface area contributed by atoms with Crippen molar-refractivity contribution in [2.45, 2.75) is 37.9 Å². The summed E-state index contributed by atoms with van der Waals surface area (Å²) >= 11 is 0. The van der Waals surface area contributed by atoms with E-state index in [2.05, 4.69) is 20.7 Å². The van der Waals surface area contributed by atoms with Crippen molar-refractivity contribution in [1.82, 2.24) is 25.4 Å². The Morgan fingerprint density at radius 2 is 2.35 bits per heavy atom. The Hall–Kier alpha value is -0.690. The first-order chi connectivity index (χ1) is 9.43. The monoisotopic (exact) mass is 301 g/mol. The van der Waals surface area contributed by atoms with E-state index < -0.39 is 0 Å². The molecule has 1 aliphatic carbocycles. The molecule has 0 radical (unpaired) electrons. The molecule has 3 unspecified atom stereocenters. The van der Waals surface area contributed by atoms with Gasteiger partial charge >= 0.3 is 0 Å². The summed E-state index contributed by atoms with van der Waals surface area (Å²) in [7, 11) is 0. The summed E-state index contributed by atoms with van der Waals surface area (Å²) in [5.74, 6) is 0.705. The summed E-state index contributed by atoms with van der Waals surface area (Å²) in [6.45, 7) is 4.56. The van der Waals surface area contributed by atoms with Crippen LogP contribution in [0.15, 0.2) is 12.7 Å². The van der Waals surface area contributed by atoms with E-state index in [4.69, 9.17) is 4.74 Å². The Morgan fingerprint density at radius 3 is 3.10 bits per heavy atom. The molecule has 6 nitrogen and oxygen atoms in total. The molecular weight excluding hydrogens is 278 g/mol. The van der Waals surface area contributed by atoms with Gasteiger partial charge in [-0.1, -0.05) is 6.42 Å². The third kappa shape index (κ3) is 3.91. The third-order valence-electron chi connectivity index (χ3n) is 4.25. The first-order valence-corrected chi connectivity index (χ1v) is 7.30. The van der Waals surface area contributed by atoms with Gasteiger partial charge in [0.1, 0.15) is 12.7 Å². The molecule has 1 aromatic heterocycles. The van der Waals surface area contributed by atoms with Gasteiger partial charge in [0.2, 0.25) is 0 Å². The van der Waals surface area contributed by atoms with Crippen molar-refractivity contribution < 1.29 is 4.74 Å². The van der Waals surface area contributed by atoms with Gasteiger partial charge in [0.05, 0.1) is 19.8 Å². The van der Waals surface area contributed by atoms with E-state index >= 15 is 0 Å². The van der Waals surface area contributed by atoms with Crippen LogP contribution in [-0.4, -0.2) is 53.2 Å². The lowest BCUT2D eigenvalue weighted by atomic mass is 9.94. The van der Waals surface area contributed by atoms with Gasteiger partial charge in [-0.3, -0.25) is 4.68 Å². The maximum absolute atomic E-state index is 5.59. The second kappa shape index (κ2) is 7.93. The molecule has 0 aromatic carbocycles. The first kappa shape index (κ1) is 15.7. The number of hydrogen-bond donors (Lipinski definition) is 2. The minimum absolute atomic E-state index is 0. The molecule has 3 atom stereocenters. The van der Waals surface area contributed by atoms with E-state index in [0.717, 1.165) is 32.8 Å². The van der Waals surface area contributed by atoms with Crippen molar-refractivity contribution >= 4 is 12.4 Å². The van der Waals surface area contributed by atoms with Crippen LogP contribution in [0.4, 0.5) is 0 Å². The van der Waals surface area contributed by atoms with Gasteiger partial charge in [0, 0.05) is 25.2 Å². The van der Waals surface area contributed by atoms with Crippen LogP contribution in [0.1, 0.15) is 19.3 Å². The number of morpholine rings is 1. The lowest BCUT2D eigenvalue weighted by Gasteiger charge is -2.33. The minimum atomic E-state index is 0. The zero-order valence-electron chi connectivity index (χ0n) is 11.7. The van der Waals surface area contributed by atoms with Gasteiger partial charge in [-0.25, -0.2) is 4.98 Å². The van der Waals surface area contributed by atoms with E-state index in [1.807, 2.05) is 4.68 Å². The molecule has 20 heavy (non-hydrogen) atoms. The fraction of sp³-hybridized carbons (Fsp3) is 0.846. The Morgan fingerprint density at radius 1 is 1.40 bits per heavy atom. The molecule has 1 saturated carbocycles. The number of rotatable bonds is 5. The molecule has 7 heteroatoms. The van der Waals surface area contributed by atoms with Gasteiger partial charge in [-0.2, -0.15) is 5.10 Å².